The molecular formula is C19H26N2O3. The number of furan rings is 1. The van der Waals surface area contributed by atoms with Gasteiger partial charge in [-0.25, -0.2) is 0 Å². The summed E-state index contributed by atoms with van der Waals surface area (Å²) in [6.07, 6.45) is 7.24. The van der Waals surface area contributed by atoms with Crippen LogP contribution < -0.4 is 5.32 Å². The van der Waals surface area contributed by atoms with E-state index in [4.69, 9.17) is 4.42 Å². The standard InChI is InChI=1S/C19H26N2O3/c1-12(17-8-13-4-5-14(17)7-13)20-19(23)15-9-18(22)21(10-15)11-16-3-2-6-24-16/h2-3,6,12-15,17H,4-5,7-11H2,1H3,(H,20,23)/t12-,13-,14-,15-,17+/m0/s1. The van der Waals surface area contributed by atoms with E-state index in [1.165, 1.54) is 25.7 Å². The second-order valence-corrected chi connectivity index (χ2v) is 7.89. The minimum atomic E-state index is -0.228. The largest absolute Gasteiger partial charge is 0.467 e. The van der Waals surface area contributed by atoms with Gasteiger partial charge in [-0.3, -0.25) is 9.59 Å². The van der Waals surface area contributed by atoms with Gasteiger partial charge in [-0.05, 0) is 56.1 Å². The Kier molecular flexibility index (Phi) is 4.10. The van der Waals surface area contributed by atoms with Crippen LogP contribution in [-0.4, -0.2) is 29.3 Å². The van der Waals surface area contributed by atoms with Crippen molar-refractivity contribution >= 4 is 11.8 Å². The quantitative estimate of drug-likeness (QED) is 0.902. The maximum absolute atomic E-state index is 12.6. The first-order valence-corrected chi connectivity index (χ1v) is 9.20. The Labute approximate surface area is 142 Å². The Morgan fingerprint density at radius 3 is 2.96 bits per heavy atom. The predicted molar refractivity (Wildman–Crippen MR) is 88.8 cm³/mol. The van der Waals surface area contributed by atoms with Crippen molar-refractivity contribution in [3.05, 3.63) is 24.2 Å². The van der Waals surface area contributed by atoms with Crippen LogP contribution in [0.4, 0.5) is 0 Å². The van der Waals surface area contributed by atoms with E-state index >= 15 is 0 Å². The van der Waals surface area contributed by atoms with Gasteiger partial charge in [0.15, 0.2) is 0 Å². The SMILES string of the molecule is C[C@H](NC(=O)[C@H]1CC(=O)N(Cc2ccco2)C1)[C@H]1C[C@H]2CC[C@H]1C2. The Balaban J connectivity index is 1.31. The Hall–Kier alpha value is -1.78. The third-order valence-corrected chi connectivity index (χ3v) is 6.32. The number of carbonyl (C=O) groups excluding carboxylic acids is 2. The molecule has 5 heteroatoms. The molecule has 24 heavy (non-hydrogen) atoms. The molecule has 3 aliphatic rings. The molecule has 5 nitrogen and oxygen atoms in total. The van der Waals surface area contributed by atoms with Crippen molar-refractivity contribution in [2.45, 2.75) is 51.6 Å². The first-order valence-electron chi connectivity index (χ1n) is 9.20. The van der Waals surface area contributed by atoms with Crippen molar-refractivity contribution < 1.29 is 14.0 Å². The van der Waals surface area contributed by atoms with E-state index in [1.54, 1.807) is 11.2 Å². The summed E-state index contributed by atoms with van der Waals surface area (Å²) in [5, 5.41) is 3.21. The monoisotopic (exact) mass is 330 g/mol. The number of carbonyl (C=O) groups is 2. The fraction of sp³-hybridized carbons (Fsp3) is 0.684. The van der Waals surface area contributed by atoms with Crippen molar-refractivity contribution in [2.24, 2.45) is 23.7 Å². The molecule has 5 atom stereocenters. The molecule has 1 aromatic heterocycles. The molecule has 0 unspecified atom stereocenters. The number of hydrogen-bond acceptors (Lipinski definition) is 3. The molecule has 1 N–H and O–H groups in total. The van der Waals surface area contributed by atoms with Gasteiger partial charge in [-0.15, -0.1) is 0 Å². The summed E-state index contributed by atoms with van der Waals surface area (Å²) in [6.45, 7) is 3.09. The van der Waals surface area contributed by atoms with E-state index in [-0.39, 0.29) is 23.8 Å². The minimum absolute atomic E-state index is 0.0409. The third kappa shape index (κ3) is 2.96. The maximum atomic E-state index is 12.6. The fourth-order valence-electron chi connectivity index (χ4n) is 5.05. The van der Waals surface area contributed by atoms with Crippen LogP contribution in [0.1, 0.15) is 44.8 Å². The number of likely N-dealkylation sites (tertiary alicyclic amines) is 1. The summed E-state index contributed by atoms with van der Waals surface area (Å²) in [7, 11) is 0. The van der Waals surface area contributed by atoms with Gasteiger partial charge in [0.1, 0.15) is 5.76 Å². The summed E-state index contributed by atoms with van der Waals surface area (Å²) >= 11 is 0. The summed E-state index contributed by atoms with van der Waals surface area (Å²) < 4.78 is 5.31. The summed E-state index contributed by atoms with van der Waals surface area (Å²) in [5.74, 6) is 2.93. The summed E-state index contributed by atoms with van der Waals surface area (Å²) in [4.78, 5) is 26.5. The summed E-state index contributed by atoms with van der Waals surface area (Å²) in [5.41, 5.74) is 0. The summed E-state index contributed by atoms with van der Waals surface area (Å²) in [6, 6.07) is 3.90. The van der Waals surface area contributed by atoms with Gasteiger partial charge < -0.3 is 14.6 Å². The van der Waals surface area contributed by atoms with Crippen LogP contribution in [0.3, 0.4) is 0 Å². The lowest BCUT2D eigenvalue weighted by molar-refractivity contribution is -0.129. The molecule has 2 saturated carbocycles. The van der Waals surface area contributed by atoms with Gasteiger partial charge in [0.25, 0.3) is 0 Å². The van der Waals surface area contributed by atoms with Gasteiger partial charge in [0.05, 0.1) is 18.7 Å². The van der Waals surface area contributed by atoms with Crippen LogP contribution in [0.25, 0.3) is 0 Å². The van der Waals surface area contributed by atoms with Crippen LogP contribution in [-0.2, 0) is 16.1 Å². The van der Waals surface area contributed by atoms with Crippen molar-refractivity contribution in [2.75, 3.05) is 6.54 Å². The molecule has 130 valence electrons. The maximum Gasteiger partial charge on any atom is 0.225 e. The minimum Gasteiger partial charge on any atom is -0.467 e. The molecular weight excluding hydrogens is 304 g/mol. The van der Waals surface area contributed by atoms with E-state index in [0.29, 0.717) is 25.4 Å². The number of fused-ring (bicyclic) bond motifs is 2. The average molecular weight is 330 g/mol. The Morgan fingerprint density at radius 1 is 1.42 bits per heavy atom. The third-order valence-electron chi connectivity index (χ3n) is 6.32. The molecule has 0 spiro atoms. The van der Waals surface area contributed by atoms with E-state index in [2.05, 4.69) is 12.2 Å². The molecule has 0 radical (unpaired) electrons. The highest BCUT2D eigenvalue weighted by Gasteiger charge is 2.43. The van der Waals surface area contributed by atoms with Crippen LogP contribution in [0, 0.1) is 23.7 Å². The topological polar surface area (TPSA) is 62.6 Å². The number of nitrogens with zero attached hydrogens (tertiary/aromatic N) is 1. The number of hydrogen-bond donors (Lipinski definition) is 1. The zero-order valence-electron chi connectivity index (χ0n) is 14.2. The fourth-order valence-corrected chi connectivity index (χ4v) is 5.05. The van der Waals surface area contributed by atoms with Crippen LogP contribution in [0.5, 0.6) is 0 Å². The van der Waals surface area contributed by atoms with Crippen LogP contribution in [0.15, 0.2) is 22.8 Å². The highest BCUT2D eigenvalue weighted by Crippen LogP contribution is 2.49. The lowest BCUT2D eigenvalue weighted by atomic mass is 9.84. The van der Waals surface area contributed by atoms with Crippen molar-refractivity contribution in [3.8, 4) is 0 Å². The highest BCUT2D eigenvalue weighted by molar-refractivity contribution is 5.89. The normalized spacial score (nSPS) is 33.2. The van der Waals surface area contributed by atoms with E-state index in [1.807, 2.05) is 12.1 Å². The van der Waals surface area contributed by atoms with Crippen molar-refractivity contribution in [1.82, 2.24) is 10.2 Å². The predicted octanol–water partition coefficient (Wildman–Crippen LogP) is 2.57. The van der Waals surface area contributed by atoms with Gasteiger partial charge in [0, 0.05) is 19.0 Å². The van der Waals surface area contributed by atoms with E-state index < -0.39 is 0 Å². The van der Waals surface area contributed by atoms with E-state index in [0.717, 1.165) is 17.6 Å². The molecule has 2 bridgehead atoms. The molecule has 0 aromatic carbocycles. The molecule has 1 aromatic rings. The van der Waals surface area contributed by atoms with Gasteiger partial charge in [-0.2, -0.15) is 0 Å². The zero-order valence-corrected chi connectivity index (χ0v) is 14.2. The van der Waals surface area contributed by atoms with Crippen LogP contribution >= 0.6 is 0 Å². The number of rotatable bonds is 5. The zero-order chi connectivity index (χ0) is 16.7. The first-order chi connectivity index (χ1) is 11.6. The molecule has 2 amide bonds. The number of nitrogens with one attached hydrogen (secondary N) is 1. The van der Waals surface area contributed by atoms with Crippen molar-refractivity contribution in [3.63, 3.8) is 0 Å². The van der Waals surface area contributed by atoms with Gasteiger partial charge in [-0.1, -0.05) is 6.42 Å². The highest BCUT2D eigenvalue weighted by atomic mass is 16.3. The van der Waals surface area contributed by atoms with E-state index in [9.17, 15) is 9.59 Å². The number of amides is 2. The van der Waals surface area contributed by atoms with Gasteiger partial charge in [0.2, 0.25) is 11.8 Å². The lowest BCUT2D eigenvalue weighted by Crippen LogP contribution is -2.43. The van der Waals surface area contributed by atoms with Crippen LogP contribution in [0.2, 0.25) is 0 Å². The molecule has 2 heterocycles. The van der Waals surface area contributed by atoms with Gasteiger partial charge >= 0.3 is 0 Å². The lowest BCUT2D eigenvalue weighted by Gasteiger charge is -2.29. The molecule has 3 fully saturated rings. The average Bonchev–Trinajstić information content (AvgIpc) is 3.32. The smallest absolute Gasteiger partial charge is 0.225 e. The Morgan fingerprint density at radius 2 is 2.29 bits per heavy atom. The molecule has 4 rings (SSSR count). The molecule has 2 aliphatic carbocycles. The first kappa shape index (κ1) is 15.7. The molecule has 1 aliphatic heterocycles. The second-order valence-electron chi connectivity index (χ2n) is 7.89. The second kappa shape index (κ2) is 6.26. The Bertz CT molecular complexity index is 612. The molecule has 1 saturated heterocycles. The van der Waals surface area contributed by atoms with Crippen molar-refractivity contribution in [1.29, 1.82) is 0 Å².